The average molecular weight is 318 g/mol. The molecule has 3 aromatic heterocycles. The fourth-order valence-corrected chi connectivity index (χ4v) is 2.52. The number of ether oxygens (including phenoxy) is 1. The van der Waals surface area contributed by atoms with Gasteiger partial charge in [0, 0.05) is 16.6 Å². The highest BCUT2D eigenvalue weighted by molar-refractivity contribution is 7.08. The van der Waals surface area contributed by atoms with Crippen molar-refractivity contribution in [2.75, 3.05) is 0 Å². The van der Waals surface area contributed by atoms with Gasteiger partial charge in [-0.1, -0.05) is 18.5 Å². The third-order valence-corrected chi connectivity index (χ3v) is 3.62. The molecule has 0 aliphatic heterocycles. The first kappa shape index (κ1) is 14.5. The number of rotatable bonds is 6. The number of esters is 1. The third kappa shape index (κ3) is 3.22. The van der Waals surface area contributed by atoms with E-state index in [1.54, 1.807) is 17.4 Å². The quantitative estimate of drug-likeness (QED) is 0.702. The van der Waals surface area contributed by atoms with E-state index in [0.717, 1.165) is 24.1 Å². The Labute approximate surface area is 130 Å². The van der Waals surface area contributed by atoms with Crippen LogP contribution in [0.5, 0.6) is 0 Å². The van der Waals surface area contributed by atoms with Crippen molar-refractivity contribution < 1.29 is 14.1 Å². The molecule has 3 rings (SSSR count). The van der Waals surface area contributed by atoms with Gasteiger partial charge in [-0.3, -0.25) is 5.10 Å². The Bertz CT molecular complexity index is 748. The molecule has 0 saturated heterocycles. The SMILES string of the molecule is CCCc1cc(C(=O)OCc2nc(-c3ccsc3)no2)n[nH]1. The van der Waals surface area contributed by atoms with Gasteiger partial charge in [-0.15, -0.1) is 0 Å². The molecule has 0 aliphatic rings. The van der Waals surface area contributed by atoms with Gasteiger partial charge in [-0.25, -0.2) is 4.79 Å². The maximum absolute atomic E-state index is 11.9. The standard InChI is InChI=1S/C14H14N4O3S/c1-2-3-10-6-11(17-16-10)14(19)20-7-12-15-13(18-21-12)9-4-5-22-8-9/h4-6,8H,2-3,7H2,1H3,(H,16,17). The van der Waals surface area contributed by atoms with Crippen LogP contribution in [0.3, 0.4) is 0 Å². The Morgan fingerprint density at radius 1 is 1.50 bits per heavy atom. The Hall–Kier alpha value is -2.48. The molecule has 0 saturated carbocycles. The van der Waals surface area contributed by atoms with Crippen LogP contribution in [-0.2, 0) is 17.8 Å². The summed E-state index contributed by atoms with van der Waals surface area (Å²) in [5.74, 6) is 0.213. The normalized spacial score (nSPS) is 10.8. The maximum Gasteiger partial charge on any atom is 0.359 e. The zero-order valence-corrected chi connectivity index (χ0v) is 12.7. The van der Waals surface area contributed by atoms with E-state index in [4.69, 9.17) is 9.26 Å². The lowest BCUT2D eigenvalue weighted by molar-refractivity contribution is 0.0423. The van der Waals surface area contributed by atoms with Crippen LogP contribution in [0.15, 0.2) is 27.4 Å². The van der Waals surface area contributed by atoms with Crippen LogP contribution in [0.4, 0.5) is 0 Å². The molecular formula is C14H14N4O3S. The highest BCUT2D eigenvalue weighted by Gasteiger charge is 2.15. The summed E-state index contributed by atoms with van der Waals surface area (Å²) < 4.78 is 10.2. The summed E-state index contributed by atoms with van der Waals surface area (Å²) in [6, 6.07) is 3.58. The van der Waals surface area contributed by atoms with Crippen LogP contribution in [0.1, 0.15) is 35.4 Å². The van der Waals surface area contributed by atoms with Gasteiger partial charge in [0.1, 0.15) is 0 Å². The Balaban J connectivity index is 1.58. The summed E-state index contributed by atoms with van der Waals surface area (Å²) in [6.07, 6.45) is 1.82. The van der Waals surface area contributed by atoms with Crippen LogP contribution in [0, 0.1) is 0 Å². The Morgan fingerprint density at radius 3 is 3.18 bits per heavy atom. The first-order valence-corrected chi connectivity index (χ1v) is 7.77. The van der Waals surface area contributed by atoms with Gasteiger partial charge in [0.25, 0.3) is 5.89 Å². The van der Waals surface area contributed by atoms with Crippen molar-refractivity contribution in [1.29, 1.82) is 0 Å². The van der Waals surface area contributed by atoms with E-state index in [9.17, 15) is 4.79 Å². The molecule has 0 radical (unpaired) electrons. The second kappa shape index (κ2) is 6.52. The van der Waals surface area contributed by atoms with Crippen molar-refractivity contribution in [2.45, 2.75) is 26.4 Å². The molecule has 22 heavy (non-hydrogen) atoms. The van der Waals surface area contributed by atoms with Gasteiger partial charge in [0.2, 0.25) is 5.82 Å². The fourth-order valence-electron chi connectivity index (χ4n) is 1.89. The number of hydrogen-bond donors (Lipinski definition) is 1. The van der Waals surface area contributed by atoms with Crippen LogP contribution in [0.25, 0.3) is 11.4 Å². The summed E-state index contributed by atoms with van der Waals surface area (Å²) in [5, 5.41) is 14.4. The molecule has 0 bridgehead atoms. The zero-order chi connectivity index (χ0) is 15.4. The van der Waals surface area contributed by atoms with E-state index in [2.05, 4.69) is 27.3 Å². The number of carbonyl (C=O) groups excluding carboxylic acids is 1. The van der Waals surface area contributed by atoms with Gasteiger partial charge in [0.05, 0.1) is 0 Å². The Morgan fingerprint density at radius 2 is 2.41 bits per heavy atom. The molecule has 0 aliphatic carbocycles. The van der Waals surface area contributed by atoms with Crippen LogP contribution in [0.2, 0.25) is 0 Å². The molecule has 0 amide bonds. The molecule has 8 heteroatoms. The van der Waals surface area contributed by atoms with Gasteiger partial charge in [-0.2, -0.15) is 21.4 Å². The molecule has 114 valence electrons. The van der Waals surface area contributed by atoms with Crippen molar-refractivity contribution in [3.05, 3.63) is 40.2 Å². The molecule has 0 fully saturated rings. The zero-order valence-electron chi connectivity index (χ0n) is 11.9. The minimum absolute atomic E-state index is 0.0774. The summed E-state index contributed by atoms with van der Waals surface area (Å²) in [5.41, 5.74) is 2.04. The molecule has 0 unspecified atom stereocenters. The number of aromatic amines is 1. The van der Waals surface area contributed by atoms with E-state index in [1.807, 2.05) is 16.8 Å². The highest BCUT2D eigenvalue weighted by atomic mass is 32.1. The second-order valence-electron chi connectivity index (χ2n) is 4.63. The summed E-state index contributed by atoms with van der Waals surface area (Å²) in [7, 11) is 0. The van der Waals surface area contributed by atoms with Gasteiger partial charge >= 0.3 is 5.97 Å². The monoisotopic (exact) mass is 318 g/mol. The molecule has 3 aromatic rings. The van der Waals surface area contributed by atoms with Crippen molar-refractivity contribution >= 4 is 17.3 Å². The molecule has 3 heterocycles. The molecule has 0 atom stereocenters. The third-order valence-electron chi connectivity index (χ3n) is 2.93. The molecular weight excluding hydrogens is 304 g/mol. The lowest BCUT2D eigenvalue weighted by Crippen LogP contribution is -2.05. The molecule has 0 spiro atoms. The van der Waals surface area contributed by atoms with Gasteiger partial charge < -0.3 is 9.26 Å². The second-order valence-corrected chi connectivity index (χ2v) is 5.41. The van der Waals surface area contributed by atoms with E-state index in [0.29, 0.717) is 5.82 Å². The van der Waals surface area contributed by atoms with Crippen LogP contribution >= 0.6 is 11.3 Å². The van der Waals surface area contributed by atoms with Crippen molar-refractivity contribution in [3.63, 3.8) is 0 Å². The number of hydrogen-bond acceptors (Lipinski definition) is 7. The molecule has 0 aromatic carbocycles. The minimum Gasteiger partial charge on any atom is -0.451 e. The van der Waals surface area contributed by atoms with Gasteiger partial charge in [-0.05, 0) is 23.9 Å². The number of H-pyrrole nitrogens is 1. The van der Waals surface area contributed by atoms with E-state index >= 15 is 0 Å². The Kier molecular flexibility index (Phi) is 4.29. The topological polar surface area (TPSA) is 93.9 Å². The number of aromatic nitrogens is 4. The lowest BCUT2D eigenvalue weighted by atomic mass is 10.2. The van der Waals surface area contributed by atoms with Crippen molar-refractivity contribution in [3.8, 4) is 11.4 Å². The number of carbonyl (C=O) groups is 1. The summed E-state index contributed by atoms with van der Waals surface area (Å²) >= 11 is 1.55. The first-order valence-electron chi connectivity index (χ1n) is 6.83. The summed E-state index contributed by atoms with van der Waals surface area (Å²) in [6.45, 7) is 1.98. The maximum atomic E-state index is 11.9. The predicted molar refractivity (Wildman–Crippen MR) is 79.3 cm³/mol. The van der Waals surface area contributed by atoms with Crippen LogP contribution in [-0.4, -0.2) is 26.3 Å². The highest BCUT2D eigenvalue weighted by Crippen LogP contribution is 2.18. The van der Waals surface area contributed by atoms with Gasteiger partial charge in [0.15, 0.2) is 12.3 Å². The number of nitrogens with one attached hydrogen (secondary N) is 1. The smallest absolute Gasteiger partial charge is 0.359 e. The number of nitrogens with zero attached hydrogens (tertiary/aromatic N) is 3. The average Bonchev–Trinajstić information content (AvgIpc) is 3.25. The minimum atomic E-state index is -0.520. The van der Waals surface area contributed by atoms with Crippen molar-refractivity contribution in [1.82, 2.24) is 20.3 Å². The van der Waals surface area contributed by atoms with E-state index in [-0.39, 0.29) is 18.2 Å². The number of thiophene rings is 1. The first-order chi connectivity index (χ1) is 10.8. The molecule has 1 N–H and O–H groups in total. The van der Waals surface area contributed by atoms with E-state index in [1.165, 1.54) is 0 Å². The fraction of sp³-hybridized carbons (Fsp3) is 0.286. The van der Waals surface area contributed by atoms with Crippen molar-refractivity contribution in [2.24, 2.45) is 0 Å². The van der Waals surface area contributed by atoms with Crippen LogP contribution < -0.4 is 0 Å². The van der Waals surface area contributed by atoms with E-state index < -0.39 is 5.97 Å². The predicted octanol–water partition coefficient (Wildman–Crippen LogP) is 2.83. The lowest BCUT2D eigenvalue weighted by Gasteiger charge is -1.97. The molecule has 7 nitrogen and oxygen atoms in total. The largest absolute Gasteiger partial charge is 0.451 e. The number of aryl methyl sites for hydroxylation is 1. The summed E-state index contributed by atoms with van der Waals surface area (Å²) in [4.78, 5) is 16.1.